The van der Waals surface area contributed by atoms with E-state index in [0.717, 1.165) is 22.4 Å². The van der Waals surface area contributed by atoms with Crippen molar-refractivity contribution in [1.29, 1.82) is 0 Å². The summed E-state index contributed by atoms with van der Waals surface area (Å²) in [4.78, 5) is 26.5. The Kier molecular flexibility index (Phi) is 4.83. The number of hydrogen-bond donors (Lipinski definition) is 1. The smallest absolute Gasteiger partial charge is 0.249 e. The molecule has 5 heteroatoms. The quantitative estimate of drug-likeness (QED) is 0.930. The average Bonchev–Trinajstić information content (AvgIpc) is 2.89. The normalized spacial score (nSPS) is 17.0. The van der Waals surface area contributed by atoms with Crippen molar-refractivity contribution in [2.45, 2.75) is 32.7 Å². The fourth-order valence-corrected chi connectivity index (χ4v) is 3.21. The van der Waals surface area contributed by atoms with Gasteiger partial charge < -0.3 is 10.2 Å². The second-order valence-electron chi connectivity index (χ2n) is 6.55. The van der Waals surface area contributed by atoms with Crippen molar-refractivity contribution in [1.82, 2.24) is 5.32 Å². The maximum Gasteiger partial charge on any atom is 0.249 e. The van der Waals surface area contributed by atoms with Crippen molar-refractivity contribution in [3.05, 3.63) is 65.0 Å². The first-order chi connectivity index (χ1) is 11.9. The van der Waals surface area contributed by atoms with Gasteiger partial charge in [-0.2, -0.15) is 0 Å². The lowest BCUT2D eigenvalue weighted by Gasteiger charge is -2.18. The molecule has 1 saturated heterocycles. The lowest BCUT2D eigenvalue weighted by Crippen LogP contribution is -2.42. The van der Waals surface area contributed by atoms with E-state index in [0.29, 0.717) is 13.0 Å². The van der Waals surface area contributed by atoms with E-state index in [9.17, 15) is 14.0 Å². The topological polar surface area (TPSA) is 49.4 Å². The predicted octanol–water partition coefficient (Wildman–Crippen LogP) is 2.91. The molecular formula is C20H21FN2O2. The first-order valence-electron chi connectivity index (χ1n) is 8.36. The molecule has 3 rings (SSSR count). The minimum absolute atomic E-state index is 0.0857. The van der Waals surface area contributed by atoms with E-state index in [1.165, 1.54) is 12.1 Å². The van der Waals surface area contributed by atoms with Crippen LogP contribution in [0.3, 0.4) is 0 Å². The highest BCUT2D eigenvalue weighted by Crippen LogP contribution is 2.24. The van der Waals surface area contributed by atoms with E-state index < -0.39 is 6.04 Å². The third-order valence-electron chi connectivity index (χ3n) is 4.34. The number of amides is 2. The van der Waals surface area contributed by atoms with Gasteiger partial charge in [0.1, 0.15) is 11.9 Å². The molecule has 2 amide bonds. The first kappa shape index (κ1) is 17.1. The summed E-state index contributed by atoms with van der Waals surface area (Å²) in [5.41, 5.74) is 3.80. The van der Waals surface area contributed by atoms with Crippen molar-refractivity contribution < 1.29 is 14.0 Å². The van der Waals surface area contributed by atoms with Gasteiger partial charge in [-0.25, -0.2) is 4.39 Å². The highest BCUT2D eigenvalue weighted by Gasteiger charge is 2.33. The molecule has 0 aromatic heterocycles. The zero-order valence-corrected chi connectivity index (χ0v) is 14.4. The van der Waals surface area contributed by atoms with E-state index in [1.54, 1.807) is 17.0 Å². The third-order valence-corrected chi connectivity index (χ3v) is 4.34. The lowest BCUT2D eigenvalue weighted by atomic mass is 10.1. The number of carbonyl (C=O) groups excluding carboxylic acids is 2. The van der Waals surface area contributed by atoms with Crippen LogP contribution in [-0.2, 0) is 16.0 Å². The van der Waals surface area contributed by atoms with Gasteiger partial charge >= 0.3 is 0 Å². The predicted molar refractivity (Wildman–Crippen MR) is 94.9 cm³/mol. The van der Waals surface area contributed by atoms with Crippen LogP contribution in [0.1, 0.15) is 23.1 Å². The minimum Gasteiger partial charge on any atom is -0.344 e. The summed E-state index contributed by atoms with van der Waals surface area (Å²) in [5, 5.41) is 2.80. The van der Waals surface area contributed by atoms with Crippen molar-refractivity contribution in [3.8, 4) is 0 Å². The van der Waals surface area contributed by atoms with Crippen LogP contribution in [-0.4, -0.2) is 24.4 Å². The molecule has 0 saturated carbocycles. The van der Waals surface area contributed by atoms with Crippen LogP contribution in [0.4, 0.5) is 10.1 Å². The van der Waals surface area contributed by atoms with Gasteiger partial charge in [-0.15, -0.1) is 0 Å². The molecule has 4 nitrogen and oxygen atoms in total. The molecule has 2 aromatic rings. The van der Waals surface area contributed by atoms with E-state index in [4.69, 9.17) is 0 Å². The maximum atomic E-state index is 12.9. The largest absolute Gasteiger partial charge is 0.344 e. The Morgan fingerprint density at radius 2 is 1.80 bits per heavy atom. The summed E-state index contributed by atoms with van der Waals surface area (Å²) < 4.78 is 12.9. The van der Waals surface area contributed by atoms with Gasteiger partial charge in [-0.05, 0) is 61.2 Å². The summed E-state index contributed by atoms with van der Waals surface area (Å²) in [6.07, 6.45) is 0.717. The van der Waals surface area contributed by atoms with Crippen LogP contribution in [0.15, 0.2) is 42.5 Å². The van der Waals surface area contributed by atoms with Gasteiger partial charge in [0.15, 0.2) is 0 Å². The van der Waals surface area contributed by atoms with Crippen molar-refractivity contribution in [3.63, 3.8) is 0 Å². The summed E-state index contributed by atoms with van der Waals surface area (Å²) in [6, 6.07) is 11.3. The number of hydrogen-bond acceptors (Lipinski definition) is 2. The Balaban J connectivity index is 1.63. The van der Waals surface area contributed by atoms with Crippen LogP contribution >= 0.6 is 0 Å². The average molecular weight is 340 g/mol. The SMILES string of the molecule is Cc1cc(C)cc(N2CC[C@H](NC(=O)Cc3ccc(F)cc3)C2=O)c1. The molecule has 1 aliphatic rings. The lowest BCUT2D eigenvalue weighted by molar-refractivity contribution is -0.126. The summed E-state index contributed by atoms with van der Waals surface area (Å²) in [7, 11) is 0. The molecule has 0 spiro atoms. The van der Waals surface area contributed by atoms with E-state index >= 15 is 0 Å². The number of anilines is 1. The monoisotopic (exact) mass is 340 g/mol. The Hall–Kier alpha value is -2.69. The molecule has 1 heterocycles. The number of benzene rings is 2. The summed E-state index contributed by atoms with van der Waals surface area (Å²) in [5.74, 6) is -0.649. The van der Waals surface area contributed by atoms with Crippen LogP contribution in [0.5, 0.6) is 0 Å². The second kappa shape index (κ2) is 7.05. The summed E-state index contributed by atoms with van der Waals surface area (Å²) >= 11 is 0. The summed E-state index contributed by atoms with van der Waals surface area (Å²) in [6.45, 7) is 4.58. The number of aryl methyl sites for hydroxylation is 2. The van der Waals surface area contributed by atoms with Gasteiger partial charge in [-0.3, -0.25) is 9.59 Å². The minimum atomic E-state index is -0.506. The molecule has 0 aliphatic carbocycles. The highest BCUT2D eigenvalue weighted by molar-refractivity contribution is 6.01. The molecule has 0 bridgehead atoms. The van der Waals surface area contributed by atoms with E-state index in [1.807, 2.05) is 26.0 Å². The van der Waals surface area contributed by atoms with Crippen LogP contribution in [0.2, 0.25) is 0 Å². The molecule has 0 radical (unpaired) electrons. The van der Waals surface area contributed by atoms with Gasteiger partial charge in [-0.1, -0.05) is 18.2 Å². The molecule has 1 atom stereocenters. The van der Waals surface area contributed by atoms with E-state index in [-0.39, 0.29) is 24.1 Å². The molecular weight excluding hydrogens is 319 g/mol. The number of carbonyl (C=O) groups is 2. The maximum absolute atomic E-state index is 12.9. The number of rotatable bonds is 4. The molecule has 2 aromatic carbocycles. The number of nitrogens with one attached hydrogen (secondary N) is 1. The van der Waals surface area contributed by atoms with Crippen molar-refractivity contribution >= 4 is 17.5 Å². The number of nitrogens with zero attached hydrogens (tertiary/aromatic N) is 1. The van der Waals surface area contributed by atoms with Gasteiger partial charge in [0, 0.05) is 12.2 Å². The Bertz CT molecular complexity index is 782. The molecule has 1 N–H and O–H groups in total. The Morgan fingerprint density at radius 3 is 2.44 bits per heavy atom. The van der Waals surface area contributed by atoms with Crippen LogP contribution in [0.25, 0.3) is 0 Å². The Morgan fingerprint density at radius 1 is 1.16 bits per heavy atom. The first-order valence-corrected chi connectivity index (χ1v) is 8.36. The van der Waals surface area contributed by atoms with Crippen molar-refractivity contribution in [2.75, 3.05) is 11.4 Å². The standard InChI is InChI=1S/C20H21FN2O2/c1-13-9-14(2)11-17(10-13)23-8-7-18(20(23)25)22-19(24)12-15-3-5-16(21)6-4-15/h3-6,9-11,18H,7-8,12H2,1-2H3,(H,22,24)/t18-/m0/s1. The zero-order valence-electron chi connectivity index (χ0n) is 14.4. The van der Waals surface area contributed by atoms with Gasteiger partial charge in [0.25, 0.3) is 0 Å². The van der Waals surface area contributed by atoms with Gasteiger partial charge in [0.05, 0.1) is 6.42 Å². The number of halogens is 1. The van der Waals surface area contributed by atoms with Crippen LogP contribution < -0.4 is 10.2 Å². The fraction of sp³-hybridized carbons (Fsp3) is 0.300. The Labute approximate surface area is 146 Å². The molecule has 1 fully saturated rings. The molecule has 25 heavy (non-hydrogen) atoms. The van der Waals surface area contributed by atoms with Gasteiger partial charge in [0.2, 0.25) is 11.8 Å². The molecule has 1 aliphatic heterocycles. The highest BCUT2D eigenvalue weighted by atomic mass is 19.1. The molecule has 0 unspecified atom stereocenters. The fourth-order valence-electron chi connectivity index (χ4n) is 3.21. The van der Waals surface area contributed by atoms with Crippen LogP contribution in [0, 0.1) is 19.7 Å². The molecule has 130 valence electrons. The third kappa shape index (κ3) is 4.05. The zero-order chi connectivity index (χ0) is 18.0. The van der Waals surface area contributed by atoms with Crippen molar-refractivity contribution in [2.24, 2.45) is 0 Å². The second-order valence-corrected chi connectivity index (χ2v) is 6.55. The van der Waals surface area contributed by atoms with E-state index in [2.05, 4.69) is 11.4 Å².